The van der Waals surface area contributed by atoms with Crippen LogP contribution in [0.15, 0.2) is 22.7 Å². The number of nitrogens with zero attached hydrogens (tertiary/aromatic N) is 1. The fraction of sp³-hybridized carbons (Fsp3) is 0.462. The fourth-order valence-corrected chi connectivity index (χ4v) is 1.92. The number of halogens is 4. The van der Waals surface area contributed by atoms with Crippen LogP contribution in [0.1, 0.15) is 22.8 Å². The lowest BCUT2D eigenvalue weighted by atomic mass is 10.1. The maximum atomic E-state index is 12.9. The average molecular weight is 353 g/mol. The first-order valence-electron chi connectivity index (χ1n) is 6.09. The number of nitrogens with one attached hydrogen (secondary N) is 1. The van der Waals surface area contributed by atoms with Gasteiger partial charge in [-0.3, -0.25) is 4.79 Å². The van der Waals surface area contributed by atoms with Gasteiger partial charge in [0.1, 0.15) is 0 Å². The molecule has 1 N–H and O–H groups in total. The summed E-state index contributed by atoms with van der Waals surface area (Å²) in [5.41, 5.74) is -1.30. The number of carbonyl (C=O) groups excluding carboxylic acids is 1. The van der Waals surface area contributed by atoms with Crippen LogP contribution >= 0.6 is 15.9 Å². The lowest BCUT2D eigenvalue weighted by Crippen LogP contribution is -2.33. The Morgan fingerprint density at radius 1 is 1.40 bits per heavy atom. The summed E-state index contributed by atoms with van der Waals surface area (Å²) in [6.45, 7) is 3.65. The van der Waals surface area contributed by atoms with Gasteiger partial charge in [0, 0.05) is 17.6 Å². The quantitative estimate of drug-likeness (QED) is 0.882. The van der Waals surface area contributed by atoms with Gasteiger partial charge in [0.2, 0.25) is 0 Å². The van der Waals surface area contributed by atoms with Gasteiger partial charge in [0.15, 0.2) is 0 Å². The summed E-state index contributed by atoms with van der Waals surface area (Å²) in [6.07, 6.45) is -4.56. The zero-order valence-corrected chi connectivity index (χ0v) is 12.8. The van der Waals surface area contributed by atoms with E-state index >= 15 is 0 Å². The van der Waals surface area contributed by atoms with Crippen molar-refractivity contribution in [2.45, 2.75) is 13.1 Å². The Kier molecular flexibility index (Phi) is 6.01. The molecule has 0 aliphatic carbocycles. The lowest BCUT2D eigenvalue weighted by Gasteiger charge is -2.16. The largest absolute Gasteiger partial charge is 0.417 e. The first-order chi connectivity index (χ1) is 9.25. The number of alkyl halides is 3. The Balaban J connectivity index is 2.83. The molecule has 1 aromatic rings. The summed E-state index contributed by atoms with van der Waals surface area (Å²) in [4.78, 5) is 13.8. The van der Waals surface area contributed by atoms with Crippen LogP contribution in [-0.2, 0) is 6.18 Å². The summed E-state index contributed by atoms with van der Waals surface area (Å²) in [7, 11) is 1.87. The minimum Gasteiger partial charge on any atom is -0.351 e. The van der Waals surface area contributed by atoms with E-state index in [0.717, 1.165) is 12.6 Å². The highest BCUT2D eigenvalue weighted by Crippen LogP contribution is 2.33. The minimum atomic E-state index is -4.56. The number of rotatable bonds is 5. The van der Waals surface area contributed by atoms with Crippen molar-refractivity contribution in [3.8, 4) is 0 Å². The van der Waals surface area contributed by atoms with Gasteiger partial charge in [0.05, 0.1) is 11.1 Å². The van der Waals surface area contributed by atoms with Crippen molar-refractivity contribution in [1.82, 2.24) is 10.2 Å². The molecule has 3 nitrogen and oxygen atoms in total. The molecular weight excluding hydrogens is 337 g/mol. The molecule has 20 heavy (non-hydrogen) atoms. The summed E-state index contributed by atoms with van der Waals surface area (Å²) in [5.74, 6) is -0.714. The zero-order valence-electron chi connectivity index (χ0n) is 11.2. The van der Waals surface area contributed by atoms with Crippen LogP contribution in [0.25, 0.3) is 0 Å². The van der Waals surface area contributed by atoms with Gasteiger partial charge in [0.25, 0.3) is 5.91 Å². The normalized spacial score (nSPS) is 11.8. The van der Waals surface area contributed by atoms with E-state index in [9.17, 15) is 18.0 Å². The van der Waals surface area contributed by atoms with Crippen LogP contribution in [0.2, 0.25) is 0 Å². The van der Waals surface area contributed by atoms with Crippen LogP contribution in [-0.4, -0.2) is 37.5 Å². The van der Waals surface area contributed by atoms with Crippen molar-refractivity contribution < 1.29 is 18.0 Å². The second kappa shape index (κ2) is 7.08. The zero-order chi connectivity index (χ0) is 15.3. The van der Waals surface area contributed by atoms with Crippen molar-refractivity contribution in [3.63, 3.8) is 0 Å². The van der Waals surface area contributed by atoms with E-state index < -0.39 is 17.6 Å². The maximum Gasteiger partial charge on any atom is 0.417 e. The Morgan fingerprint density at radius 2 is 2.05 bits per heavy atom. The molecule has 7 heteroatoms. The van der Waals surface area contributed by atoms with Crippen molar-refractivity contribution in [3.05, 3.63) is 33.8 Å². The third-order valence-electron chi connectivity index (χ3n) is 2.85. The molecule has 0 spiro atoms. The summed E-state index contributed by atoms with van der Waals surface area (Å²) >= 11 is 2.98. The average Bonchev–Trinajstić information content (AvgIpc) is 2.37. The second-order valence-corrected chi connectivity index (χ2v) is 5.26. The molecule has 1 rings (SSSR count). The van der Waals surface area contributed by atoms with Gasteiger partial charge in [-0.05, 0) is 31.8 Å². The molecular formula is C13H16BrF3N2O. The van der Waals surface area contributed by atoms with E-state index in [0.29, 0.717) is 13.1 Å². The number of amides is 1. The first kappa shape index (κ1) is 17.0. The monoisotopic (exact) mass is 352 g/mol. The molecule has 112 valence electrons. The van der Waals surface area contributed by atoms with Crippen molar-refractivity contribution in [1.29, 1.82) is 0 Å². The smallest absolute Gasteiger partial charge is 0.351 e. The molecule has 0 aliphatic heterocycles. The highest BCUT2D eigenvalue weighted by atomic mass is 79.9. The van der Waals surface area contributed by atoms with Crippen LogP contribution in [0, 0.1) is 0 Å². The fourth-order valence-electron chi connectivity index (χ4n) is 1.56. The molecule has 0 heterocycles. The Labute approximate surface area is 124 Å². The van der Waals surface area contributed by atoms with Crippen LogP contribution in [0.3, 0.4) is 0 Å². The number of likely N-dealkylation sites (N-methyl/N-ethyl adjacent to an activating group) is 1. The molecule has 0 fully saturated rings. The Hall–Kier alpha value is -1.08. The van der Waals surface area contributed by atoms with Gasteiger partial charge in [-0.1, -0.05) is 22.9 Å². The number of hydrogen-bond donors (Lipinski definition) is 1. The van der Waals surface area contributed by atoms with Gasteiger partial charge in [-0.2, -0.15) is 13.2 Å². The third-order valence-corrected chi connectivity index (χ3v) is 3.34. The Bertz CT molecular complexity index is 477. The molecule has 0 bridgehead atoms. The third kappa shape index (κ3) is 4.79. The van der Waals surface area contributed by atoms with E-state index in [1.165, 1.54) is 12.1 Å². The number of hydrogen-bond acceptors (Lipinski definition) is 2. The predicted molar refractivity (Wildman–Crippen MR) is 74.6 cm³/mol. The van der Waals surface area contributed by atoms with Gasteiger partial charge < -0.3 is 10.2 Å². The van der Waals surface area contributed by atoms with E-state index in [1.807, 2.05) is 18.9 Å². The maximum absolute atomic E-state index is 12.9. The van der Waals surface area contributed by atoms with Crippen LogP contribution in [0.4, 0.5) is 13.2 Å². The SMILES string of the molecule is CCN(C)CCNC(=O)c1ccc(Br)cc1C(F)(F)F. The second-order valence-electron chi connectivity index (χ2n) is 4.34. The van der Waals surface area contributed by atoms with Crippen LogP contribution < -0.4 is 5.32 Å². The molecule has 0 radical (unpaired) electrons. The Morgan fingerprint density at radius 3 is 2.60 bits per heavy atom. The minimum absolute atomic E-state index is 0.284. The molecule has 0 unspecified atom stereocenters. The highest BCUT2D eigenvalue weighted by molar-refractivity contribution is 9.10. The standard InChI is InChI=1S/C13H16BrF3N2O/c1-3-19(2)7-6-18-12(20)10-5-4-9(14)8-11(10)13(15,16)17/h4-5,8H,3,6-7H2,1-2H3,(H,18,20). The summed E-state index contributed by atoms with van der Waals surface area (Å²) in [6, 6.07) is 3.50. The lowest BCUT2D eigenvalue weighted by molar-refractivity contribution is -0.138. The molecule has 1 amide bonds. The first-order valence-corrected chi connectivity index (χ1v) is 6.88. The predicted octanol–water partition coefficient (Wildman–Crippen LogP) is 3.15. The molecule has 0 saturated heterocycles. The molecule has 0 aromatic heterocycles. The molecule has 0 atom stereocenters. The van der Waals surface area contributed by atoms with E-state index in [-0.39, 0.29) is 10.0 Å². The molecule has 0 saturated carbocycles. The van der Waals surface area contributed by atoms with E-state index in [4.69, 9.17) is 0 Å². The summed E-state index contributed by atoms with van der Waals surface area (Å²) < 4.78 is 38.9. The van der Waals surface area contributed by atoms with Crippen LogP contribution in [0.5, 0.6) is 0 Å². The summed E-state index contributed by atoms with van der Waals surface area (Å²) in [5, 5.41) is 2.50. The van der Waals surface area contributed by atoms with Gasteiger partial charge in [-0.25, -0.2) is 0 Å². The highest BCUT2D eigenvalue weighted by Gasteiger charge is 2.35. The van der Waals surface area contributed by atoms with Crippen molar-refractivity contribution >= 4 is 21.8 Å². The topological polar surface area (TPSA) is 32.3 Å². The van der Waals surface area contributed by atoms with E-state index in [2.05, 4.69) is 21.2 Å². The number of benzene rings is 1. The van der Waals surface area contributed by atoms with Crippen molar-refractivity contribution in [2.75, 3.05) is 26.7 Å². The van der Waals surface area contributed by atoms with E-state index in [1.54, 1.807) is 0 Å². The molecule has 0 aliphatic rings. The van der Waals surface area contributed by atoms with Gasteiger partial charge in [-0.15, -0.1) is 0 Å². The number of carbonyl (C=O) groups is 1. The van der Waals surface area contributed by atoms with Crippen molar-refractivity contribution in [2.24, 2.45) is 0 Å². The van der Waals surface area contributed by atoms with Gasteiger partial charge >= 0.3 is 6.18 Å². The molecule has 1 aromatic carbocycles.